The summed E-state index contributed by atoms with van der Waals surface area (Å²) in [7, 11) is 3.14. The van der Waals surface area contributed by atoms with Gasteiger partial charge in [0.25, 0.3) is 0 Å². The average Bonchev–Trinajstić information content (AvgIpc) is 2.38. The number of aliphatic carboxylic acids is 1. The highest BCUT2D eigenvalue weighted by Gasteiger charge is 2.20. The van der Waals surface area contributed by atoms with Gasteiger partial charge in [0.15, 0.2) is 11.5 Å². The number of hydrogen-bond acceptors (Lipinski definition) is 4. The van der Waals surface area contributed by atoms with E-state index >= 15 is 0 Å². The van der Waals surface area contributed by atoms with Gasteiger partial charge in [-0.15, -0.1) is 0 Å². The van der Waals surface area contributed by atoms with E-state index < -0.39 is 5.97 Å². The fourth-order valence-electron chi connectivity index (χ4n) is 2.05. The Bertz CT molecular complexity index is 471. The minimum Gasteiger partial charge on any atom is -0.493 e. The number of carbonyl (C=O) groups is 1. The highest BCUT2D eigenvalue weighted by atomic mass is 16.5. The maximum absolute atomic E-state index is 10.6. The molecule has 5 nitrogen and oxygen atoms in total. The summed E-state index contributed by atoms with van der Waals surface area (Å²) in [6.07, 6.45) is 0.386. The maximum atomic E-state index is 10.6. The van der Waals surface area contributed by atoms with E-state index in [-0.39, 0.29) is 12.5 Å². The van der Waals surface area contributed by atoms with Gasteiger partial charge >= 0.3 is 5.97 Å². The number of carboxylic acid groups (broad SMARTS) is 1. The maximum Gasteiger partial charge on any atom is 0.303 e. The molecule has 0 aliphatic heterocycles. The van der Waals surface area contributed by atoms with Crippen LogP contribution in [0, 0.1) is 13.8 Å². The third-order valence-corrected chi connectivity index (χ3v) is 3.25. The Morgan fingerprint density at radius 2 is 1.89 bits per heavy atom. The topological polar surface area (TPSA) is 81.8 Å². The highest BCUT2D eigenvalue weighted by Crippen LogP contribution is 2.39. The predicted octanol–water partition coefficient (Wildman–Crippen LogP) is 2.19. The Hall–Kier alpha value is -1.75. The zero-order valence-electron chi connectivity index (χ0n) is 11.8. The van der Waals surface area contributed by atoms with Crippen LogP contribution < -0.4 is 15.2 Å². The molecule has 0 saturated carbocycles. The summed E-state index contributed by atoms with van der Waals surface area (Å²) < 4.78 is 10.7. The molecular weight excluding hydrogens is 246 g/mol. The Balaban J connectivity index is 3.18. The molecule has 5 heteroatoms. The number of nitrogens with two attached hydrogens (primary N) is 1. The SMILES string of the molecule is COc1c(C(N)CCC(=O)O)cc(C)c(C)c1OC. The van der Waals surface area contributed by atoms with Gasteiger partial charge in [0.05, 0.1) is 14.2 Å². The number of aryl methyl sites for hydroxylation is 1. The van der Waals surface area contributed by atoms with Crippen LogP contribution in [-0.4, -0.2) is 25.3 Å². The van der Waals surface area contributed by atoms with Gasteiger partial charge in [0, 0.05) is 18.0 Å². The van der Waals surface area contributed by atoms with Crippen molar-refractivity contribution < 1.29 is 19.4 Å². The zero-order valence-corrected chi connectivity index (χ0v) is 11.8. The van der Waals surface area contributed by atoms with Crippen molar-refractivity contribution in [2.24, 2.45) is 5.73 Å². The lowest BCUT2D eigenvalue weighted by Gasteiger charge is -2.20. The van der Waals surface area contributed by atoms with Crippen molar-refractivity contribution in [2.45, 2.75) is 32.7 Å². The standard InChI is InChI=1S/C14H21NO4/c1-8-7-10(11(15)5-6-12(16)17)14(19-4)13(18-3)9(8)2/h7,11H,5-6,15H2,1-4H3,(H,16,17). The Kier molecular flexibility index (Phi) is 5.18. The van der Waals surface area contributed by atoms with E-state index in [4.69, 9.17) is 20.3 Å². The number of benzene rings is 1. The molecule has 0 amide bonds. The minimum atomic E-state index is -0.856. The second-order valence-corrected chi connectivity index (χ2v) is 4.51. The van der Waals surface area contributed by atoms with Crippen LogP contribution in [0.1, 0.15) is 35.6 Å². The van der Waals surface area contributed by atoms with E-state index in [0.717, 1.165) is 16.7 Å². The molecule has 1 atom stereocenters. The van der Waals surface area contributed by atoms with Crippen LogP contribution in [-0.2, 0) is 4.79 Å². The first-order valence-electron chi connectivity index (χ1n) is 6.11. The van der Waals surface area contributed by atoms with Gasteiger partial charge in [0.2, 0.25) is 0 Å². The Morgan fingerprint density at radius 1 is 1.32 bits per heavy atom. The number of methoxy groups -OCH3 is 2. The number of hydrogen-bond donors (Lipinski definition) is 2. The summed E-state index contributed by atoms with van der Waals surface area (Å²) in [6, 6.07) is 1.54. The van der Waals surface area contributed by atoms with Crippen LogP contribution in [0.25, 0.3) is 0 Å². The van der Waals surface area contributed by atoms with Crippen LogP contribution in [0.5, 0.6) is 11.5 Å². The minimum absolute atomic E-state index is 0.0273. The van der Waals surface area contributed by atoms with Crippen molar-refractivity contribution in [1.29, 1.82) is 0 Å². The van der Waals surface area contributed by atoms with Crippen LogP contribution in [0.2, 0.25) is 0 Å². The molecular formula is C14H21NO4. The predicted molar refractivity (Wildman–Crippen MR) is 72.8 cm³/mol. The average molecular weight is 267 g/mol. The number of ether oxygens (including phenoxy) is 2. The van der Waals surface area contributed by atoms with Gasteiger partial charge in [-0.1, -0.05) is 6.07 Å². The lowest BCUT2D eigenvalue weighted by Crippen LogP contribution is -2.14. The Morgan fingerprint density at radius 3 is 2.37 bits per heavy atom. The molecule has 0 radical (unpaired) electrons. The molecule has 0 aliphatic carbocycles. The quantitative estimate of drug-likeness (QED) is 0.825. The Labute approximate surface area is 113 Å². The lowest BCUT2D eigenvalue weighted by atomic mass is 9.96. The molecule has 0 spiro atoms. The van der Waals surface area contributed by atoms with Crippen molar-refractivity contribution in [3.05, 3.63) is 22.8 Å². The monoisotopic (exact) mass is 267 g/mol. The summed E-state index contributed by atoms with van der Waals surface area (Å²) in [5.41, 5.74) is 8.88. The highest BCUT2D eigenvalue weighted by molar-refractivity contribution is 5.66. The molecule has 0 bridgehead atoms. The summed E-state index contributed by atoms with van der Waals surface area (Å²) >= 11 is 0. The largest absolute Gasteiger partial charge is 0.493 e. The van der Waals surface area contributed by atoms with Crippen molar-refractivity contribution in [2.75, 3.05) is 14.2 Å². The number of carboxylic acids is 1. The van der Waals surface area contributed by atoms with Gasteiger partial charge in [-0.05, 0) is 31.4 Å². The molecule has 0 aliphatic rings. The second kappa shape index (κ2) is 6.43. The van der Waals surface area contributed by atoms with Gasteiger partial charge in [-0.25, -0.2) is 0 Å². The van der Waals surface area contributed by atoms with E-state index in [2.05, 4.69) is 0 Å². The van der Waals surface area contributed by atoms with Crippen LogP contribution in [0.15, 0.2) is 6.07 Å². The van der Waals surface area contributed by atoms with Gasteiger partial charge in [-0.2, -0.15) is 0 Å². The van der Waals surface area contributed by atoms with E-state index in [1.54, 1.807) is 14.2 Å². The molecule has 19 heavy (non-hydrogen) atoms. The van der Waals surface area contributed by atoms with E-state index in [9.17, 15) is 4.79 Å². The number of rotatable bonds is 6. The smallest absolute Gasteiger partial charge is 0.303 e. The van der Waals surface area contributed by atoms with E-state index in [0.29, 0.717) is 17.9 Å². The molecule has 1 rings (SSSR count). The van der Waals surface area contributed by atoms with E-state index in [1.165, 1.54) is 0 Å². The lowest BCUT2D eigenvalue weighted by molar-refractivity contribution is -0.137. The van der Waals surface area contributed by atoms with Gasteiger partial charge < -0.3 is 20.3 Å². The van der Waals surface area contributed by atoms with Crippen molar-refractivity contribution in [3.63, 3.8) is 0 Å². The fourth-order valence-corrected chi connectivity index (χ4v) is 2.05. The van der Waals surface area contributed by atoms with Gasteiger partial charge in [-0.3, -0.25) is 4.79 Å². The first-order chi connectivity index (χ1) is 8.92. The molecule has 3 N–H and O–H groups in total. The molecule has 106 valence electrons. The first kappa shape index (κ1) is 15.3. The molecule has 0 aromatic heterocycles. The normalized spacial score (nSPS) is 12.1. The molecule has 1 unspecified atom stereocenters. The van der Waals surface area contributed by atoms with Gasteiger partial charge in [0.1, 0.15) is 0 Å². The molecule has 1 aromatic carbocycles. The summed E-state index contributed by atoms with van der Waals surface area (Å²) in [6.45, 7) is 3.91. The van der Waals surface area contributed by atoms with Crippen LogP contribution in [0.4, 0.5) is 0 Å². The summed E-state index contributed by atoms with van der Waals surface area (Å²) in [5, 5.41) is 8.72. The van der Waals surface area contributed by atoms with Crippen LogP contribution in [0.3, 0.4) is 0 Å². The first-order valence-corrected chi connectivity index (χ1v) is 6.11. The van der Waals surface area contributed by atoms with Crippen molar-refractivity contribution in [1.82, 2.24) is 0 Å². The molecule has 0 saturated heterocycles. The van der Waals surface area contributed by atoms with E-state index in [1.807, 2.05) is 19.9 Å². The summed E-state index contributed by atoms with van der Waals surface area (Å²) in [5.74, 6) is 0.386. The summed E-state index contributed by atoms with van der Waals surface area (Å²) in [4.78, 5) is 10.6. The fraction of sp³-hybridized carbons (Fsp3) is 0.500. The molecule has 0 heterocycles. The zero-order chi connectivity index (χ0) is 14.6. The van der Waals surface area contributed by atoms with Crippen LogP contribution >= 0.6 is 0 Å². The van der Waals surface area contributed by atoms with Crippen molar-refractivity contribution in [3.8, 4) is 11.5 Å². The third-order valence-electron chi connectivity index (χ3n) is 3.25. The third kappa shape index (κ3) is 3.38. The molecule has 0 fully saturated rings. The molecule has 1 aromatic rings. The van der Waals surface area contributed by atoms with Crippen molar-refractivity contribution >= 4 is 5.97 Å². The second-order valence-electron chi connectivity index (χ2n) is 4.51.